The maximum absolute atomic E-state index is 13.7. The van der Waals surface area contributed by atoms with Crippen LogP contribution in [0.15, 0.2) is 57.8 Å². The van der Waals surface area contributed by atoms with Crippen LogP contribution in [0.25, 0.3) is 0 Å². The SMILES string of the molecule is O=C(NNC(=O)[C@@H]1CCCN1C1=NS(=O)(=O)c2ccccc21)c1ccccc1F. The van der Waals surface area contributed by atoms with Gasteiger partial charge in [0.2, 0.25) is 0 Å². The van der Waals surface area contributed by atoms with Gasteiger partial charge >= 0.3 is 0 Å². The number of nitrogens with one attached hydrogen (secondary N) is 2. The molecule has 2 aromatic rings. The van der Waals surface area contributed by atoms with Gasteiger partial charge in [-0.2, -0.15) is 8.42 Å². The highest BCUT2D eigenvalue weighted by Gasteiger charge is 2.39. The van der Waals surface area contributed by atoms with Gasteiger partial charge in [0.15, 0.2) is 5.84 Å². The number of hydrogen-bond acceptors (Lipinski definition) is 5. The Morgan fingerprint density at radius 3 is 2.59 bits per heavy atom. The summed E-state index contributed by atoms with van der Waals surface area (Å²) in [6, 6.07) is 11.1. The molecule has 2 aliphatic rings. The number of nitrogens with zero attached hydrogens (tertiary/aromatic N) is 2. The van der Waals surface area contributed by atoms with Crippen LogP contribution in [0.2, 0.25) is 0 Å². The molecule has 0 saturated carbocycles. The Labute approximate surface area is 166 Å². The van der Waals surface area contributed by atoms with Crippen LogP contribution >= 0.6 is 0 Å². The van der Waals surface area contributed by atoms with Crippen molar-refractivity contribution in [1.29, 1.82) is 0 Å². The van der Waals surface area contributed by atoms with E-state index in [1.807, 2.05) is 0 Å². The van der Waals surface area contributed by atoms with E-state index in [4.69, 9.17) is 0 Å². The van der Waals surface area contributed by atoms with Gasteiger partial charge in [-0.15, -0.1) is 4.40 Å². The number of likely N-dealkylation sites (tertiary alicyclic amines) is 1. The van der Waals surface area contributed by atoms with Crippen LogP contribution in [0.3, 0.4) is 0 Å². The molecule has 1 fully saturated rings. The van der Waals surface area contributed by atoms with Crippen molar-refractivity contribution >= 4 is 27.7 Å². The molecule has 0 bridgehead atoms. The first-order valence-electron chi connectivity index (χ1n) is 8.94. The largest absolute Gasteiger partial charge is 0.343 e. The second-order valence-electron chi connectivity index (χ2n) is 6.66. The molecule has 2 aliphatic heterocycles. The number of amides is 2. The van der Waals surface area contributed by atoms with Gasteiger partial charge in [0.25, 0.3) is 21.8 Å². The fourth-order valence-corrected chi connectivity index (χ4v) is 4.72. The summed E-state index contributed by atoms with van der Waals surface area (Å²) in [5.41, 5.74) is 4.75. The number of rotatable bonds is 2. The molecule has 10 heteroatoms. The molecule has 2 aromatic carbocycles. The maximum atomic E-state index is 13.7. The van der Waals surface area contributed by atoms with E-state index >= 15 is 0 Å². The Kier molecular flexibility index (Phi) is 4.79. The lowest BCUT2D eigenvalue weighted by atomic mass is 10.1. The number of fused-ring (bicyclic) bond motifs is 1. The smallest absolute Gasteiger partial charge is 0.285 e. The number of benzene rings is 2. The minimum absolute atomic E-state index is 0.105. The zero-order valence-electron chi connectivity index (χ0n) is 15.1. The Morgan fingerprint density at radius 1 is 1.07 bits per heavy atom. The van der Waals surface area contributed by atoms with E-state index in [0.717, 1.165) is 6.07 Å². The first-order chi connectivity index (χ1) is 13.9. The molecule has 150 valence electrons. The minimum Gasteiger partial charge on any atom is -0.343 e. The first-order valence-corrected chi connectivity index (χ1v) is 10.4. The van der Waals surface area contributed by atoms with E-state index in [9.17, 15) is 22.4 Å². The van der Waals surface area contributed by atoms with Crippen molar-refractivity contribution in [3.63, 3.8) is 0 Å². The summed E-state index contributed by atoms with van der Waals surface area (Å²) in [4.78, 5) is 26.5. The van der Waals surface area contributed by atoms with E-state index < -0.39 is 33.7 Å². The van der Waals surface area contributed by atoms with Gasteiger partial charge in [0.05, 0.1) is 5.56 Å². The van der Waals surface area contributed by atoms with Crippen molar-refractivity contribution in [1.82, 2.24) is 15.8 Å². The minimum atomic E-state index is -3.80. The summed E-state index contributed by atoms with van der Waals surface area (Å²) in [7, 11) is -3.80. The number of carbonyl (C=O) groups excluding carboxylic acids is 2. The molecular formula is C19H17FN4O4S. The Morgan fingerprint density at radius 2 is 1.79 bits per heavy atom. The van der Waals surface area contributed by atoms with Crippen LogP contribution in [-0.4, -0.2) is 43.6 Å². The van der Waals surface area contributed by atoms with Gasteiger partial charge in [-0.25, -0.2) is 4.39 Å². The van der Waals surface area contributed by atoms with E-state index in [1.165, 1.54) is 24.3 Å². The molecule has 0 unspecified atom stereocenters. The molecule has 29 heavy (non-hydrogen) atoms. The van der Waals surface area contributed by atoms with Crippen LogP contribution < -0.4 is 10.9 Å². The third-order valence-corrected chi connectivity index (χ3v) is 6.18. The zero-order valence-corrected chi connectivity index (χ0v) is 15.9. The second kappa shape index (κ2) is 7.28. The molecule has 1 saturated heterocycles. The lowest BCUT2D eigenvalue weighted by Crippen LogP contribution is -2.51. The lowest BCUT2D eigenvalue weighted by molar-refractivity contribution is -0.125. The molecule has 0 aliphatic carbocycles. The summed E-state index contributed by atoms with van der Waals surface area (Å²) in [6.45, 7) is 0.446. The van der Waals surface area contributed by atoms with Gasteiger partial charge in [-0.3, -0.25) is 20.4 Å². The molecule has 0 aromatic heterocycles. The number of halogens is 1. The first kappa shape index (κ1) is 19.1. The highest BCUT2D eigenvalue weighted by Crippen LogP contribution is 2.31. The molecule has 1 atom stereocenters. The Hall–Kier alpha value is -3.27. The number of amidine groups is 1. The topological polar surface area (TPSA) is 108 Å². The number of carbonyl (C=O) groups is 2. The third-order valence-electron chi connectivity index (χ3n) is 4.86. The number of hydrazine groups is 1. The highest BCUT2D eigenvalue weighted by atomic mass is 32.2. The van der Waals surface area contributed by atoms with Crippen LogP contribution in [0.4, 0.5) is 4.39 Å². The van der Waals surface area contributed by atoms with Crippen LogP contribution in [0.5, 0.6) is 0 Å². The summed E-state index contributed by atoms with van der Waals surface area (Å²) in [5, 5.41) is 0. The molecule has 0 radical (unpaired) electrons. The molecule has 2 N–H and O–H groups in total. The fraction of sp³-hybridized carbons (Fsp3) is 0.211. The van der Waals surface area contributed by atoms with Gasteiger partial charge in [0, 0.05) is 12.1 Å². The molecule has 4 rings (SSSR count). The van der Waals surface area contributed by atoms with E-state index in [0.29, 0.717) is 24.9 Å². The van der Waals surface area contributed by atoms with Crippen molar-refractivity contribution in [2.24, 2.45) is 4.40 Å². The van der Waals surface area contributed by atoms with Crippen molar-refractivity contribution in [2.45, 2.75) is 23.8 Å². The summed E-state index contributed by atoms with van der Waals surface area (Å²) >= 11 is 0. The second-order valence-corrected chi connectivity index (χ2v) is 8.23. The predicted octanol–water partition coefficient (Wildman–Crippen LogP) is 1.20. The van der Waals surface area contributed by atoms with E-state index in [2.05, 4.69) is 15.2 Å². The number of hydrogen-bond donors (Lipinski definition) is 2. The van der Waals surface area contributed by atoms with Crippen LogP contribution in [0.1, 0.15) is 28.8 Å². The quantitative estimate of drug-likeness (QED) is 0.716. The molecular weight excluding hydrogens is 399 g/mol. The maximum Gasteiger partial charge on any atom is 0.285 e. The number of sulfonamides is 1. The summed E-state index contributed by atoms with van der Waals surface area (Å²) in [6.07, 6.45) is 1.11. The molecule has 0 spiro atoms. The molecule has 2 amide bonds. The normalized spacial score (nSPS) is 19.4. The van der Waals surface area contributed by atoms with Gasteiger partial charge in [0.1, 0.15) is 16.8 Å². The molecule has 2 heterocycles. The molecule has 8 nitrogen and oxygen atoms in total. The van der Waals surface area contributed by atoms with Crippen LogP contribution in [-0.2, 0) is 14.8 Å². The summed E-state index contributed by atoms with van der Waals surface area (Å²) in [5.74, 6) is -1.80. The van der Waals surface area contributed by atoms with E-state index in [-0.39, 0.29) is 16.3 Å². The van der Waals surface area contributed by atoms with Gasteiger partial charge < -0.3 is 4.90 Å². The van der Waals surface area contributed by atoms with Crippen molar-refractivity contribution in [3.05, 3.63) is 65.5 Å². The average molecular weight is 416 g/mol. The lowest BCUT2D eigenvalue weighted by Gasteiger charge is -2.25. The average Bonchev–Trinajstić information content (AvgIpc) is 3.29. The monoisotopic (exact) mass is 416 g/mol. The predicted molar refractivity (Wildman–Crippen MR) is 102 cm³/mol. The zero-order chi connectivity index (χ0) is 20.6. The van der Waals surface area contributed by atoms with Gasteiger partial charge in [-0.05, 0) is 37.1 Å². The Balaban J connectivity index is 1.50. The Bertz CT molecular complexity index is 1130. The summed E-state index contributed by atoms with van der Waals surface area (Å²) < 4.78 is 42.1. The third kappa shape index (κ3) is 3.46. The highest BCUT2D eigenvalue weighted by molar-refractivity contribution is 7.90. The van der Waals surface area contributed by atoms with Gasteiger partial charge in [-0.1, -0.05) is 24.3 Å². The fourth-order valence-electron chi connectivity index (χ4n) is 3.50. The van der Waals surface area contributed by atoms with Crippen LogP contribution in [0, 0.1) is 5.82 Å². The van der Waals surface area contributed by atoms with Crippen molar-refractivity contribution < 1.29 is 22.4 Å². The van der Waals surface area contributed by atoms with Crippen molar-refractivity contribution in [3.8, 4) is 0 Å². The van der Waals surface area contributed by atoms with E-state index in [1.54, 1.807) is 23.1 Å². The standard InChI is InChI=1S/C19H17FN4O4S/c20-14-8-3-1-6-12(14)18(25)21-22-19(26)15-9-5-11-24(15)17-13-7-2-4-10-16(13)29(27,28)23-17/h1-4,6-8,10,15H,5,9,11H2,(H,21,25)(H,22,26)/t15-/m0/s1. The van der Waals surface area contributed by atoms with Crippen molar-refractivity contribution in [2.75, 3.05) is 6.54 Å².